The highest BCUT2D eigenvalue weighted by Crippen LogP contribution is 2.29. The molecule has 0 spiro atoms. The molecule has 136 valence electrons. The van der Waals surface area contributed by atoms with Gasteiger partial charge in [0.15, 0.2) is 0 Å². The second-order valence-electron chi connectivity index (χ2n) is 7.25. The lowest BCUT2D eigenvalue weighted by molar-refractivity contribution is 0.0778. The fourth-order valence-corrected chi connectivity index (χ4v) is 3.96. The van der Waals surface area contributed by atoms with Crippen LogP contribution in [0, 0.1) is 6.92 Å². The Morgan fingerprint density at radius 3 is 2.20 bits per heavy atom. The van der Waals surface area contributed by atoms with Gasteiger partial charge in [-0.2, -0.15) is 0 Å². The third kappa shape index (κ3) is 3.64. The molecule has 0 bridgehead atoms. The van der Waals surface area contributed by atoms with Crippen LogP contribution in [0.5, 0.6) is 0 Å². The van der Waals surface area contributed by atoms with Gasteiger partial charge in [-0.15, -0.1) is 0 Å². The first kappa shape index (κ1) is 18.1. The predicted octanol–water partition coefficient (Wildman–Crippen LogP) is 2.42. The monoisotopic (exact) mass is 341 g/mol. The molecule has 0 amide bonds. The molecule has 2 N–H and O–H groups in total. The van der Waals surface area contributed by atoms with Crippen LogP contribution in [0.4, 0.5) is 0 Å². The van der Waals surface area contributed by atoms with Crippen molar-refractivity contribution in [1.82, 2.24) is 19.4 Å². The molecule has 5 heteroatoms. The smallest absolute Gasteiger partial charge is 0.140 e. The van der Waals surface area contributed by atoms with Crippen LogP contribution in [0.2, 0.25) is 0 Å². The van der Waals surface area contributed by atoms with E-state index in [9.17, 15) is 0 Å². The average Bonchev–Trinajstić information content (AvgIpc) is 2.92. The van der Waals surface area contributed by atoms with Gasteiger partial charge in [0.1, 0.15) is 5.82 Å². The zero-order valence-electron chi connectivity index (χ0n) is 15.9. The summed E-state index contributed by atoms with van der Waals surface area (Å²) in [7, 11) is 2.12. The van der Waals surface area contributed by atoms with E-state index in [1.165, 1.54) is 5.69 Å². The van der Waals surface area contributed by atoms with Crippen molar-refractivity contribution in [2.45, 2.75) is 32.9 Å². The van der Waals surface area contributed by atoms with Crippen molar-refractivity contribution in [3.8, 4) is 11.4 Å². The first-order valence-corrected chi connectivity index (χ1v) is 9.29. The SMILES string of the molecule is Cc1nc(-c2ccccc2)n(C)c1C(CN)N1CCN(C(C)C)CC1. The molecule has 2 aromatic rings. The third-order valence-electron chi connectivity index (χ3n) is 5.41. The Balaban J connectivity index is 1.86. The van der Waals surface area contributed by atoms with Gasteiger partial charge in [-0.1, -0.05) is 30.3 Å². The van der Waals surface area contributed by atoms with Crippen molar-refractivity contribution in [3.63, 3.8) is 0 Å². The largest absolute Gasteiger partial charge is 0.329 e. The summed E-state index contributed by atoms with van der Waals surface area (Å²) >= 11 is 0. The zero-order valence-corrected chi connectivity index (χ0v) is 15.9. The first-order chi connectivity index (χ1) is 12.0. The summed E-state index contributed by atoms with van der Waals surface area (Å²) in [5.41, 5.74) is 9.71. The molecule has 1 unspecified atom stereocenters. The van der Waals surface area contributed by atoms with Gasteiger partial charge in [-0.05, 0) is 20.8 Å². The number of nitrogens with zero attached hydrogens (tertiary/aromatic N) is 4. The normalized spacial score (nSPS) is 18.0. The van der Waals surface area contributed by atoms with Crippen molar-refractivity contribution >= 4 is 0 Å². The fourth-order valence-electron chi connectivity index (χ4n) is 3.96. The number of nitrogens with two attached hydrogens (primary N) is 1. The van der Waals surface area contributed by atoms with E-state index in [1.807, 2.05) is 6.07 Å². The van der Waals surface area contributed by atoms with Crippen LogP contribution in [0.15, 0.2) is 30.3 Å². The molecule has 3 rings (SSSR count). The highest BCUT2D eigenvalue weighted by atomic mass is 15.3. The summed E-state index contributed by atoms with van der Waals surface area (Å²) in [6, 6.07) is 11.2. The van der Waals surface area contributed by atoms with E-state index in [1.54, 1.807) is 0 Å². The van der Waals surface area contributed by atoms with Gasteiger partial charge in [-0.25, -0.2) is 4.98 Å². The van der Waals surface area contributed by atoms with Gasteiger partial charge in [0.2, 0.25) is 0 Å². The molecular weight excluding hydrogens is 310 g/mol. The van der Waals surface area contributed by atoms with Gasteiger partial charge >= 0.3 is 0 Å². The zero-order chi connectivity index (χ0) is 18.0. The number of benzene rings is 1. The Morgan fingerprint density at radius 2 is 1.64 bits per heavy atom. The minimum absolute atomic E-state index is 0.226. The predicted molar refractivity (Wildman–Crippen MR) is 103 cm³/mol. The Morgan fingerprint density at radius 1 is 1.04 bits per heavy atom. The van der Waals surface area contributed by atoms with Gasteiger partial charge in [-0.3, -0.25) is 9.80 Å². The lowest BCUT2D eigenvalue weighted by Crippen LogP contribution is -2.51. The van der Waals surface area contributed by atoms with Crippen LogP contribution < -0.4 is 5.73 Å². The Labute approximate surface area is 151 Å². The standard InChI is InChI=1S/C20H31N5/c1-15(2)24-10-12-25(13-11-24)18(14-21)19-16(3)22-20(23(19)4)17-8-6-5-7-9-17/h5-9,15,18H,10-14,21H2,1-4H3. The van der Waals surface area contributed by atoms with Crippen molar-refractivity contribution in [2.75, 3.05) is 32.7 Å². The molecule has 5 nitrogen and oxygen atoms in total. The Bertz CT molecular complexity index is 684. The molecule has 2 heterocycles. The number of aromatic nitrogens is 2. The first-order valence-electron chi connectivity index (χ1n) is 9.29. The van der Waals surface area contributed by atoms with Crippen LogP contribution in [0.1, 0.15) is 31.3 Å². The van der Waals surface area contributed by atoms with E-state index >= 15 is 0 Å². The van der Waals surface area contributed by atoms with Crippen LogP contribution in [0.25, 0.3) is 11.4 Å². The molecular formula is C20H31N5. The van der Waals surface area contributed by atoms with Crippen molar-refractivity contribution in [2.24, 2.45) is 12.8 Å². The number of hydrogen-bond donors (Lipinski definition) is 1. The van der Waals surface area contributed by atoms with Crippen LogP contribution in [0.3, 0.4) is 0 Å². The lowest BCUT2D eigenvalue weighted by Gasteiger charge is -2.40. The molecule has 1 atom stereocenters. The highest BCUT2D eigenvalue weighted by molar-refractivity contribution is 5.56. The third-order valence-corrected chi connectivity index (χ3v) is 5.41. The molecule has 1 aromatic carbocycles. The van der Waals surface area contributed by atoms with E-state index in [2.05, 4.69) is 66.5 Å². The summed E-state index contributed by atoms with van der Waals surface area (Å²) in [5, 5.41) is 0. The molecule has 25 heavy (non-hydrogen) atoms. The van der Waals surface area contributed by atoms with E-state index in [-0.39, 0.29) is 6.04 Å². The van der Waals surface area contributed by atoms with Crippen molar-refractivity contribution in [1.29, 1.82) is 0 Å². The molecule has 0 saturated carbocycles. The van der Waals surface area contributed by atoms with Gasteiger partial charge in [0.25, 0.3) is 0 Å². The highest BCUT2D eigenvalue weighted by Gasteiger charge is 2.29. The quantitative estimate of drug-likeness (QED) is 0.907. The summed E-state index contributed by atoms with van der Waals surface area (Å²) in [5.74, 6) is 1.02. The molecule has 1 aliphatic rings. The molecule has 1 aliphatic heterocycles. The van der Waals surface area contributed by atoms with Gasteiger partial charge in [0, 0.05) is 51.4 Å². The van der Waals surface area contributed by atoms with Crippen molar-refractivity contribution in [3.05, 3.63) is 41.7 Å². The summed E-state index contributed by atoms with van der Waals surface area (Å²) in [6.45, 7) is 11.6. The van der Waals surface area contributed by atoms with Gasteiger partial charge < -0.3 is 10.3 Å². The van der Waals surface area contributed by atoms with Gasteiger partial charge in [0.05, 0.1) is 17.4 Å². The number of imidazole rings is 1. The number of rotatable bonds is 5. The maximum atomic E-state index is 6.22. The minimum Gasteiger partial charge on any atom is -0.329 e. The summed E-state index contributed by atoms with van der Waals surface area (Å²) in [6.07, 6.45) is 0. The lowest BCUT2D eigenvalue weighted by atomic mass is 10.1. The second-order valence-corrected chi connectivity index (χ2v) is 7.25. The molecule has 1 fully saturated rings. The minimum atomic E-state index is 0.226. The van der Waals surface area contributed by atoms with Crippen LogP contribution in [-0.2, 0) is 7.05 Å². The second kappa shape index (κ2) is 7.68. The topological polar surface area (TPSA) is 50.3 Å². The number of hydrogen-bond acceptors (Lipinski definition) is 4. The summed E-state index contributed by atoms with van der Waals surface area (Å²) in [4.78, 5) is 9.92. The fraction of sp³-hybridized carbons (Fsp3) is 0.550. The Kier molecular flexibility index (Phi) is 5.57. The number of piperazine rings is 1. The Hall–Kier alpha value is -1.69. The molecule has 0 radical (unpaired) electrons. The van der Waals surface area contributed by atoms with E-state index < -0.39 is 0 Å². The maximum absolute atomic E-state index is 6.22. The van der Waals surface area contributed by atoms with Crippen molar-refractivity contribution < 1.29 is 0 Å². The molecule has 0 aliphatic carbocycles. The number of aryl methyl sites for hydroxylation is 1. The molecule has 1 saturated heterocycles. The molecule has 1 aromatic heterocycles. The average molecular weight is 342 g/mol. The van der Waals surface area contributed by atoms with E-state index in [0.29, 0.717) is 12.6 Å². The van der Waals surface area contributed by atoms with E-state index in [4.69, 9.17) is 10.7 Å². The maximum Gasteiger partial charge on any atom is 0.140 e. The summed E-state index contributed by atoms with van der Waals surface area (Å²) < 4.78 is 2.23. The van der Waals surface area contributed by atoms with E-state index in [0.717, 1.165) is 43.3 Å². The van der Waals surface area contributed by atoms with Crippen LogP contribution in [-0.4, -0.2) is 58.1 Å². The van der Waals surface area contributed by atoms with Crippen LogP contribution >= 0.6 is 0 Å².